The first-order valence-corrected chi connectivity index (χ1v) is 7.43. The van der Waals surface area contributed by atoms with Crippen LogP contribution < -0.4 is 5.73 Å². The molecular formula is C17H22N2. The van der Waals surface area contributed by atoms with Crippen LogP contribution in [0.1, 0.15) is 50.1 Å². The lowest BCUT2D eigenvalue weighted by Gasteiger charge is -2.25. The Bertz CT molecular complexity index is 538. The third kappa shape index (κ3) is 2.79. The molecule has 0 saturated heterocycles. The zero-order valence-electron chi connectivity index (χ0n) is 11.4. The average molecular weight is 254 g/mol. The predicted octanol–water partition coefficient (Wildman–Crippen LogP) is 4.21. The molecule has 0 spiro atoms. The Morgan fingerprint density at radius 1 is 1.11 bits per heavy atom. The van der Waals surface area contributed by atoms with Gasteiger partial charge in [-0.3, -0.25) is 4.98 Å². The monoisotopic (exact) mass is 254 g/mol. The summed E-state index contributed by atoms with van der Waals surface area (Å²) >= 11 is 0. The van der Waals surface area contributed by atoms with Gasteiger partial charge in [-0.15, -0.1) is 0 Å². The molecule has 2 nitrogen and oxygen atoms in total. The van der Waals surface area contributed by atoms with E-state index in [1.807, 2.05) is 12.4 Å². The molecule has 0 radical (unpaired) electrons. The van der Waals surface area contributed by atoms with Gasteiger partial charge >= 0.3 is 0 Å². The van der Waals surface area contributed by atoms with Crippen molar-refractivity contribution >= 4 is 10.8 Å². The number of nitrogens with zero attached hydrogens (tertiary/aromatic N) is 1. The SMILES string of the molecule is NC(CC1CCCCC1)c1cncc2ccccc12. The first-order chi connectivity index (χ1) is 9.34. The van der Waals surface area contributed by atoms with E-state index < -0.39 is 0 Å². The van der Waals surface area contributed by atoms with E-state index in [9.17, 15) is 0 Å². The quantitative estimate of drug-likeness (QED) is 0.891. The van der Waals surface area contributed by atoms with Crippen LogP contribution in [0, 0.1) is 5.92 Å². The highest BCUT2D eigenvalue weighted by molar-refractivity contribution is 5.85. The van der Waals surface area contributed by atoms with Crippen LogP contribution in [0.2, 0.25) is 0 Å². The van der Waals surface area contributed by atoms with E-state index in [4.69, 9.17) is 5.73 Å². The lowest BCUT2D eigenvalue weighted by molar-refractivity contribution is 0.319. The van der Waals surface area contributed by atoms with E-state index in [2.05, 4.69) is 29.2 Å². The van der Waals surface area contributed by atoms with E-state index in [-0.39, 0.29) is 6.04 Å². The smallest absolute Gasteiger partial charge is 0.0346 e. The van der Waals surface area contributed by atoms with Crippen molar-refractivity contribution in [3.8, 4) is 0 Å². The van der Waals surface area contributed by atoms with Crippen LogP contribution in [0.5, 0.6) is 0 Å². The molecule has 1 aromatic heterocycles. The molecule has 2 N–H and O–H groups in total. The Morgan fingerprint density at radius 3 is 2.74 bits per heavy atom. The maximum atomic E-state index is 6.45. The third-order valence-electron chi connectivity index (χ3n) is 4.41. The lowest BCUT2D eigenvalue weighted by Crippen LogP contribution is -2.17. The van der Waals surface area contributed by atoms with Gasteiger partial charge in [0.25, 0.3) is 0 Å². The first-order valence-electron chi connectivity index (χ1n) is 7.43. The van der Waals surface area contributed by atoms with Crippen LogP contribution in [-0.2, 0) is 0 Å². The molecule has 1 aliphatic carbocycles. The largest absolute Gasteiger partial charge is 0.324 e. The predicted molar refractivity (Wildman–Crippen MR) is 79.9 cm³/mol. The minimum absolute atomic E-state index is 0.127. The molecule has 19 heavy (non-hydrogen) atoms. The summed E-state index contributed by atoms with van der Waals surface area (Å²) in [5.74, 6) is 0.808. The molecule has 100 valence electrons. The topological polar surface area (TPSA) is 38.9 Å². The second kappa shape index (κ2) is 5.70. The van der Waals surface area contributed by atoms with E-state index >= 15 is 0 Å². The summed E-state index contributed by atoms with van der Waals surface area (Å²) in [6.45, 7) is 0. The van der Waals surface area contributed by atoms with Crippen molar-refractivity contribution < 1.29 is 0 Å². The van der Waals surface area contributed by atoms with Gasteiger partial charge in [0.1, 0.15) is 0 Å². The Labute approximate surface area is 115 Å². The van der Waals surface area contributed by atoms with E-state index in [1.54, 1.807) is 0 Å². The molecule has 3 rings (SSSR count). The molecule has 1 unspecified atom stereocenters. The van der Waals surface area contributed by atoms with Crippen LogP contribution in [0.25, 0.3) is 10.8 Å². The van der Waals surface area contributed by atoms with E-state index in [0.29, 0.717) is 0 Å². The Hall–Kier alpha value is -1.41. The zero-order valence-corrected chi connectivity index (χ0v) is 11.4. The van der Waals surface area contributed by atoms with Gasteiger partial charge in [0, 0.05) is 23.8 Å². The van der Waals surface area contributed by atoms with Crippen molar-refractivity contribution in [1.82, 2.24) is 4.98 Å². The number of nitrogens with two attached hydrogens (primary N) is 1. The molecule has 1 saturated carbocycles. The fourth-order valence-corrected chi connectivity index (χ4v) is 3.34. The number of fused-ring (bicyclic) bond motifs is 1. The minimum atomic E-state index is 0.127. The van der Waals surface area contributed by atoms with Gasteiger partial charge < -0.3 is 5.73 Å². The van der Waals surface area contributed by atoms with E-state index in [0.717, 1.165) is 12.3 Å². The molecule has 1 heterocycles. The van der Waals surface area contributed by atoms with E-state index in [1.165, 1.54) is 48.4 Å². The summed E-state index contributed by atoms with van der Waals surface area (Å²) < 4.78 is 0. The number of benzene rings is 1. The zero-order chi connectivity index (χ0) is 13.1. The maximum Gasteiger partial charge on any atom is 0.0346 e. The number of aromatic nitrogens is 1. The lowest BCUT2D eigenvalue weighted by atomic mass is 9.83. The Kier molecular flexibility index (Phi) is 3.79. The van der Waals surface area contributed by atoms with Gasteiger partial charge in [0.2, 0.25) is 0 Å². The molecule has 1 aromatic carbocycles. The highest BCUT2D eigenvalue weighted by atomic mass is 14.7. The molecule has 2 heteroatoms. The molecule has 0 aliphatic heterocycles. The molecule has 1 atom stereocenters. The summed E-state index contributed by atoms with van der Waals surface area (Å²) in [7, 11) is 0. The number of rotatable bonds is 3. The van der Waals surface area contributed by atoms with Crippen molar-refractivity contribution in [3.63, 3.8) is 0 Å². The van der Waals surface area contributed by atoms with Gasteiger partial charge in [0.05, 0.1) is 0 Å². The summed E-state index contributed by atoms with van der Waals surface area (Å²) in [6, 6.07) is 8.54. The van der Waals surface area contributed by atoms with Crippen molar-refractivity contribution in [2.75, 3.05) is 0 Å². The minimum Gasteiger partial charge on any atom is -0.324 e. The van der Waals surface area contributed by atoms with Gasteiger partial charge in [-0.05, 0) is 23.3 Å². The average Bonchev–Trinajstić information content (AvgIpc) is 2.47. The maximum absolute atomic E-state index is 6.45. The fraction of sp³-hybridized carbons (Fsp3) is 0.471. The normalized spacial score (nSPS) is 18.6. The number of hydrogen-bond acceptors (Lipinski definition) is 2. The number of hydrogen-bond donors (Lipinski definition) is 1. The molecular weight excluding hydrogens is 232 g/mol. The van der Waals surface area contributed by atoms with Crippen LogP contribution in [0.3, 0.4) is 0 Å². The van der Waals surface area contributed by atoms with Crippen molar-refractivity contribution in [1.29, 1.82) is 0 Å². The molecule has 2 aromatic rings. The summed E-state index contributed by atoms with van der Waals surface area (Å²) in [4.78, 5) is 4.35. The molecule has 0 bridgehead atoms. The van der Waals surface area contributed by atoms with Crippen molar-refractivity contribution in [3.05, 3.63) is 42.2 Å². The standard InChI is InChI=1S/C17H22N2/c18-17(10-13-6-2-1-3-7-13)16-12-19-11-14-8-4-5-9-15(14)16/h4-5,8-9,11-13,17H,1-3,6-7,10,18H2. The summed E-state index contributed by atoms with van der Waals surface area (Å²) in [5.41, 5.74) is 7.66. The van der Waals surface area contributed by atoms with Crippen molar-refractivity contribution in [2.45, 2.75) is 44.6 Å². The van der Waals surface area contributed by atoms with Gasteiger partial charge in [-0.25, -0.2) is 0 Å². The fourth-order valence-electron chi connectivity index (χ4n) is 3.34. The summed E-state index contributed by atoms with van der Waals surface area (Å²) in [5, 5.41) is 2.46. The summed E-state index contributed by atoms with van der Waals surface area (Å²) in [6.07, 6.45) is 11.9. The molecule has 0 amide bonds. The first kappa shape index (κ1) is 12.6. The van der Waals surface area contributed by atoms with Gasteiger partial charge in [-0.2, -0.15) is 0 Å². The van der Waals surface area contributed by atoms with Gasteiger partial charge in [-0.1, -0.05) is 56.4 Å². The third-order valence-corrected chi connectivity index (χ3v) is 4.41. The highest BCUT2D eigenvalue weighted by Crippen LogP contribution is 2.32. The number of pyridine rings is 1. The van der Waals surface area contributed by atoms with Crippen LogP contribution in [-0.4, -0.2) is 4.98 Å². The van der Waals surface area contributed by atoms with Crippen molar-refractivity contribution in [2.24, 2.45) is 11.7 Å². The van der Waals surface area contributed by atoms with Crippen LogP contribution in [0.15, 0.2) is 36.7 Å². The van der Waals surface area contributed by atoms with Crippen LogP contribution in [0.4, 0.5) is 0 Å². The second-order valence-corrected chi connectivity index (χ2v) is 5.80. The Morgan fingerprint density at radius 2 is 1.89 bits per heavy atom. The second-order valence-electron chi connectivity index (χ2n) is 5.80. The van der Waals surface area contributed by atoms with Gasteiger partial charge in [0.15, 0.2) is 0 Å². The molecule has 1 fully saturated rings. The Balaban J connectivity index is 1.82. The molecule has 1 aliphatic rings. The highest BCUT2D eigenvalue weighted by Gasteiger charge is 2.19. The van der Waals surface area contributed by atoms with Crippen LogP contribution >= 0.6 is 0 Å².